The monoisotopic (exact) mass is 296 g/mol. The Kier molecular flexibility index (Phi) is 2.62. The van der Waals surface area contributed by atoms with E-state index in [0.29, 0.717) is 21.8 Å². The summed E-state index contributed by atoms with van der Waals surface area (Å²) in [5.74, 6) is 0.0751. The Morgan fingerprint density at radius 2 is 1.86 bits per heavy atom. The summed E-state index contributed by atoms with van der Waals surface area (Å²) in [5.41, 5.74) is 1.81. The molecule has 2 aromatic carbocycles. The van der Waals surface area contributed by atoms with Gasteiger partial charge >= 0.3 is 0 Å². The van der Waals surface area contributed by atoms with E-state index >= 15 is 0 Å². The predicted molar refractivity (Wildman–Crippen MR) is 80.9 cm³/mol. The third-order valence-electron chi connectivity index (χ3n) is 3.43. The molecule has 2 heterocycles. The first-order valence-corrected chi connectivity index (χ1v) is 6.80. The Morgan fingerprint density at radius 3 is 2.76 bits per heavy atom. The molecule has 3 nitrogen and oxygen atoms in total. The first kappa shape index (κ1) is 12.2. The van der Waals surface area contributed by atoms with Crippen LogP contribution in [-0.2, 0) is 0 Å². The number of furan rings is 2. The van der Waals surface area contributed by atoms with Crippen molar-refractivity contribution in [3.05, 3.63) is 71.1 Å². The highest BCUT2D eigenvalue weighted by molar-refractivity contribution is 6.31. The molecule has 0 bridgehead atoms. The van der Waals surface area contributed by atoms with Crippen molar-refractivity contribution < 1.29 is 13.6 Å². The SMILES string of the molecule is O=C(c1cc2cc(Cl)ccc2o1)c1coc2ccccc12. The van der Waals surface area contributed by atoms with Crippen LogP contribution < -0.4 is 0 Å². The minimum atomic E-state index is -0.202. The molecule has 0 radical (unpaired) electrons. The molecule has 4 heteroatoms. The van der Waals surface area contributed by atoms with E-state index in [0.717, 1.165) is 10.8 Å². The van der Waals surface area contributed by atoms with E-state index in [4.69, 9.17) is 20.4 Å². The molecule has 0 aliphatic rings. The summed E-state index contributed by atoms with van der Waals surface area (Å²) in [6.07, 6.45) is 1.47. The molecule has 0 amide bonds. The van der Waals surface area contributed by atoms with E-state index < -0.39 is 0 Å². The number of ketones is 1. The van der Waals surface area contributed by atoms with E-state index in [2.05, 4.69) is 0 Å². The summed E-state index contributed by atoms with van der Waals surface area (Å²) in [7, 11) is 0. The molecule has 4 rings (SSSR count). The first-order valence-electron chi connectivity index (χ1n) is 6.42. The van der Waals surface area contributed by atoms with Gasteiger partial charge in [-0.1, -0.05) is 29.8 Å². The van der Waals surface area contributed by atoms with Crippen LogP contribution in [0.25, 0.3) is 21.9 Å². The second kappa shape index (κ2) is 4.50. The fraction of sp³-hybridized carbons (Fsp3) is 0. The highest BCUT2D eigenvalue weighted by Crippen LogP contribution is 2.27. The lowest BCUT2D eigenvalue weighted by atomic mass is 10.1. The van der Waals surface area contributed by atoms with Gasteiger partial charge in [-0.25, -0.2) is 0 Å². The molecule has 0 saturated heterocycles. The Bertz CT molecular complexity index is 978. The van der Waals surface area contributed by atoms with Crippen LogP contribution >= 0.6 is 11.6 Å². The Morgan fingerprint density at radius 1 is 1.00 bits per heavy atom. The summed E-state index contributed by atoms with van der Waals surface area (Å²) in [6, 6.07) is 14.4. The fourth-order valence-corrected chi connectivity index (χ4v) is 2.59. The summed E-state index contributed by atoms with van der Waals surface area (Å²) >= 11 is 5.94. The van der Waals surface area contributed by atoms with Crippen LogP contribution in [0.5, 0.6) is 0 Å². The van der Waals surface area contributed by atoms with Crippen LogP contribution in [0.3, 0.4) is 0 Å². The molecule has 0 saturated carbocycles. The second-order valence-electron chi connectivity index (χ2n) is 4.77. The molecule has 0 aliphatic carbocycles. The highest BCUT2D eigenvalue weighted by atomic mass is 35.5. The molecule has 0 spiro atoms. The fourth-order valence-electron chi connectivity index (χ4n) is 2.41. The Labute approximate surface area is 124 Å². The summed E-state index contributed by atoms with van der Waals surface area (Å²) in [5, 5.41) is 2.19. The maximum Gasteiger partial charge on any atom is 0.232 e. The maximum atomic E-state index is 12.6. The van der Waals surface area contributed by atoms with Gasteiger partial charge < -0.3 is 8.83 Å². The highest BCUT2D eigenvalue weighted by Gasteiger charge is 2.19. The van der Waals surface area contributed by atoms with Crippen molar-refractivity contribution in [2.45, 2.75) is 0 Å². The van der Waals surface area contributed by atoms with E-state index in [1.54, 1.807) is 24.3 Å². The van der Waals surface area contributed by atoms with Gasteiger partial charge in [0, 0.05) is 15.8 Å². The van der Waals surface area contributed by atoms with Crippen molar-refractivity contribution in [1.29, 1.82) is 0 Å². The quantitative estimate of drug-likeness (QED) is 0.485. The molecule has 2 aromatic heterocycles. The predicted octanol–water partition coefficient (Wildman–Crippen LogP) is 5.06. The molecule has 0 unspecified atom stereocenters. The number of hydrogen-bond donors (Lipinski definition) is 0. The lowest BCUT2D eigenvalue weighted by Crippen LogP contribution is -1.97. The zero-order chi connectivity index (χ0) is 14.4. The second-order valence-corrected chi connectivity index (χ2v) is 5.20. The van der Waals surface area contributed by atoms with Crippen LogP contribution in [0.1, 0.15) is 16.1 Å². The molecule has 0 N–H and O–H groups in total. The van der Waals surface area contributed by atoms with Crippen LogP contribution in [-0.4, -0.2) is 5.78 Å². The lowest BCUT2D eigenvalue weighted by Gasteiger charge is -1.93. The Balaban J connectivity index is 1.86. The number of benzene rings is 2. The summed E-state index contributed by atoms with van der Waals surface area (Å²) in [6.45, 7) is 0. The van der Waals surface area contributed by atoms with Gasteiger partial charge in [0.1, 0.15) is 17.4 Å². The molecular formula is C17H9ClO3. The first-order chi connectivity index (χ1) is 10.2. The van der Waals surface area contributed by atoms with Gasteiger partial charge in [0.15, 0.2) is 5.76 Å². The molecule has 0 fully saturated rings. The van der Waals surface area contributed by atoms with Crippen molar-refractivity contribution in [1.82, 2.24) is 0 Å². The summed E-state index contributed by atoms with van der Waals surface area (Å²) in [4.78, 5) is 12.6. The average Bonchev–Trinajstić information content (AvgIpc) is 3.09. The van der Waals surface area contributed by atoms with Gasteiger partial charge in [0.05, 0.1) is 5.56 Å². The van der Waals surface area contributed by atoms with E-state index in [1.165, 1.54) is 6.26 Å². The maximum absolute atomic E-state index is 12.6. The van der Waals surface area contributed by atoms with Gasteiger partial charge in [-0.15, -0.1) is 0 Å². The third-order valence-corrected chi connectivity index (χ3v) is 3.66. The molecule has 0 aliphatic heterocycles. The van der Waals surface area contributed by atoms with Gasteiger partial charge in [0.25, 0.3) is 0 Å². The van der Waals surface area contributed by atoms with Crippen LogP contribution in [0.15, 0.2) is 63.6 Å². The van der Waals surface area contributed by atoms with Gasteiger partial charge in [-0.2, -0.15) is 0 Å². The zero-order valence-electron chi connectivity index (χ0n) is 10.8. The van der Waals surface area contributed by atoms with Crippen molar-refractivity contribution in [2.75, 3.05) is 0 Å². The number of rotatable bonds is 2. The number of fused-ring (bicyclic) bond motifs is 2. The Hall–Kier alpha value is -2.52. The summed E-state index contributed by atoms with van der Waals surface area (Å²) < 4.78 is 11.0. The average molecular weight is 297 g/mol. The molecular weight excluding hydrogens is 288 g/mol. The van der Waals surface area contributed by atoms with Gasteiger partial charge in [-0.3, -0.25) is 4.79 Å². The number of carbonyl (C=O) groups is 1. The van der Waals surface area contributed by atoms with E-state index in [9.17, 15) is 4.79 Å². The van der Waals surface area contributed by atoms with Crippen molar-refractivity contribution >= 4 is 39.3 Å². The smallest absolute Gasteiger partial charge is 0.232 e. The molecule has 4 aromatic rings. The zero-order valence-corrected chi connectivity index (χ0v) is 11.6. The normalized spacial score (nSPS) is 11.3. The van der Waals surface area contributed by atoms with E-state index in [1.807, 2.05) is 24.3 Å². The van der Waals surface area contributed by atoms with Crippen molar-refractivity contribution in [3.63, 3.8) is 0 Å². The van der Waals surface area contributed by atoms with E-state index in [-0.39, 0.29) is 11.5 Å². The number of hydrogen-bond acceptors (Lipinski definition) is 3. The number of para-hydroxylation sites is 1. The van der Waals surface area contributed by atoms with Crippen molar-refractivity contribution in [3.8, 4) is 0 Å². The van der Waals surface area contributed by atoms with Crippen LogP contribution in [0, 0.1) is 0 Å². The van der Waals surface area contributed by atoms with Crippen molar-refractivity contribution in [2.24, 2.45) is 0 Å². The largest absolute Gasteiger partial charge is 0.464 e. The number of carbonyl (C=O) groups excluding carboxylic acids is 1. The number of halogens is 1. The molecule has 21 heavy (non-hydrogen) atoms. The minimum Gasteiger partial charge on any atom is -0.464 e. The topological polar surface area (TPSA) is 43.4 Å². The lowest BCUT2D eigenvalue weighted by molar-refractivity contribution is 0.101. The third kappa shape index (κ3) is 1.94. The standard InChI is InChI=1S/C17H9ClO3/c18-11-5-6-14-10(7-11)8-16(21-14)17(19)13-9-20-15-4-2-1-3-12(13)15/h1-9H. The van der Waals surface area contributed by atoms with Crippen LogP contribution in [0.4, 0.5) is 0 Å². The minimum absolute atomic E-state index is 0.202. The van der Waals surface area contributed by atoms with Crippen LogP contribution in [0.2, 0.25) is 5.02 Å². The molecule has 0 atom stereocenters. The molecule has 102 valence electrons. The van der Waals surface area contributed by atoms with Gasteiger partial charge in [0.2, 0.25) is 5.78 Å². The van der Waals surface area contributed by atoms with Gasteiger partial charge in [-0.05, 0) is 30.3 Å².